The van der Waals surface area contributed by atoms with Crippen LogP contribution < -0.4 is 5.32 Å². The van der Waals surface area contributed by atoms with E-state index in [1.807, 2.05) is 0 Å². The van der Waals surface area contributed by atoms with Gasteiger partial charge in [-0.2, -0.15) is 0 Å². The molecule has 1 aromatic carbocycles. The maximum Gasteiger partial charge on any atom is 0.0377 e. The van der Waals surface area contributed by atoms with Crippen molar-refractivity contribution in [2.75, 3.05) is 6.54 Å². The number of allylic oxidation sites excluding steroid dienone is 1. The third-order valence-electron chi connectivity index (χ3n) is 5.30. The van der Waals surface area contributed by atoms with Crippen LogP contribution in [0.4, 0.5) is 0 Å². The summed E-state index contributed by atoms with van der Waals surface area (Å²) in [6.07, 6.45) is 13.4. The van der Waals surface area contributed by atoms with Crippen LogP contribution in [0.5, 0.6) is 0 Å². The minimum Gasteiger partial charge on any atom is -0.310 e. The van der Waals surface area contributed by atoms with E-state index in [-0.39, 0.29) is 0 Å². The normalized spacial score (nSPS) is 25.3. The van der Waals surface area contributed by atoms with Gasteiger partial charge in [-0.05, 0) is 50.6 Å². The number of benzene rings is 1. The molecule has 3 rings (SSSR count). The summed E-state index contributed by atoms with van der Waals surface area (Å²) in [5, 5.41) is 3.83. The third kappa shape index (κ3) is 3.23. The summed E-state index contributed by atoms with van der Waals surface area (Å²) in [6, 6.07) is 11.8. The standard InChI is InChI=1S/C20H29N/c1-2-21-19(17-11-7-4-3-5-8-12-17)20(15-16-20)18-13-9-6-10-14-18/h6,9-11,13-14,19,21H,2-5,7-8,12,15-16H2,1H3/b17-11+. The Morgan fingerprint density at radius 2 is 1.81 bits per heavy atom. The van der Waals surface area contributed by atoms with Gasteiger partial charge in [-0.15, -0.1) is 0 Å². The Morgan fingerprint density at radius 3 is 2.52 bits per heavy atom. The van der Waals surface area contributed by atoms with E-state index < -0.39 is 0 Å². The molecule has 2 aliphatic rings. The molecule has 0 aliphatic heterocycles. The van der Waals surface area contributed by atoms with Crippen LogP contribution in [0, 0.1) is 0 Å². The van der Waals surface area contributed by atoms with E-state index in [4.69, 9.17) is 0 Å². The van der Waals surface area contributed by atoms with Crippen LogP contribution in [-0.4, -0.2) is 12.6 Å². The van der Waals surface area contributed by atoms with Crippen molar-refractivity contribution in [2.45, 2.75) is 69.7 Å². The molecule has 0 spiro atoms. The topological polar surface area (TPSA) is 12.0 Å². The fraction of sp³-hybridized carbons (Fsp3) is 0.600. The highest BCUT2D eigenvalue weighted by atomic mass is 14.9. The molecule has 0 aromatic heterocycles. The van der Waals surface area contributed by atoms with Crippen molar-refractivity contribution < 1.29 is 0 Å². The van der Waals surface area contributed by atoms with Crippen molar-refractivity contribution in [3.05, 3.63) is 47.5 Å². The first-order chi connectivity index (χ1) is 10.4. The zero-order valence-corrected chi connectivity index (χ0v) is 13.4. The van der Waals surface area contributed by atoms with Gasteiger partial charge >= 0.3 is 0 Å². The van der Waals surface area contributed by atoms with Crippen molar-refractivity contribution in [3.63, 3.8) is 0 Å². The van der Waals surface area contributed by atoms with Crippen molar-refractivity contribution in [2.24, 2.45) is 0 Å². The molecule has 1 fully saturated rings. The van der Waals surface area contributed by atoms with Crippen LogP contribution in [0.25, 0.3) is 0 Å². The minimum atomic E-state index is 0.377. The van der Waals surface area contributed by atoms with Gasteiger partial charge in [0.05, 0.1) is 0 Å². The van der Waals surface area contributed by atoms with Gasteiger partial charge < -0.3 is 5.32 Å². The molecule has 0 heterocycles. The molecule has 2 aliphatic carbocycles. The molecule has 1 N–H and O–H groups in total. The summed E-state index contributed by atoms with van der Waals surface area (Å²) in [4.78, 5) is 0. The zero-order chi connectivity index (χ0) is 14.5. The van der Waals surface area contributed by atoms with E-state index in [2.05, 4.69) is 48.6 Å². The summed E-state index contributed by atoms with van der Waals surface area (Å²) in [7, 11) is 0. The highest BCUT2D eigenvalue weighted by molar-refractivity contribution is 5.38. The fourth-order valence-corrected chi connectivity index (χ4v) is 4.01. The van der Waals surface area contributed by atoms with Crippen LogP contribution in [0.15, 0.2) is 42.0 Å². The van der Waals surface area contributed by atoms with Crippen LogP contribution in [-0.2, 0) is 5.41 Å². The average molecular weight is 283 g/mol. The molecule has 21 heavy (non-hydrogen) atoms. The maximum atomic E-state index is 3.83. The Labute approximate surface area is 129 Å². The molecule has 1 saturated carbocycles. The van der Waals surface area contributed by atoms with Crippen molar-refractivity contribution in [1.29, 1.82) is 0 Å². The molecule has 1 atom stereocenters. The van der Waals surface area contributed by atoms with E-state index >= 15 is 0 Å². The summed E-state index contributed by atoms with van der Waals surface area (Å²) in [5.41, 5.74) is 3.61. The molecule has 1 aromatic rings. The van der Waals surface area contributed by atoms with Crippen molar-refractivity contribution in [1.82, 2.24) is 5.32 Å². The lowest BCUT2D eigenvalue weighted by Gasteiger charge is -2.32. The summed E-state index contributed by atoms with van der Waals surface area (Å²) in [6.45, 7) is 3.31. The van der Waals surface area contributed by atoms with E-state index in [1.54, 1.807) is 11.1 Å². The second-order valence-corrected chi connectivity index (χ2v) is 6.74. The first-order valence-corrected chi connectivity index (χ1v) is 8.84. The van der Waals surface area contributed by atoms with E-state index in [9.17, 15) is 0 Å². The predicted octanol–water partition coefficient (Wildman–Crippen LogP) is 4.98. The van der Waals surface area contributed by atoms with Gasteiger partial charge in [-0.3, -0.25) is 0 Å². The molecule has 0 amide bonds. The van der Waals surface area contributed by atoms with E-state index in [1.165, 1.54) is 51.4 Å². The van der Waals surface area contributed by atoms with Crippen LogP contribution in [0.3, 0.4) is 0 Å². The highest BCUT2D eigenvalue weighted by Crippen LogP contribution is 2.53. The Bertz CT molecular complexity index is 470. The quantitative estimate of drug-likeness (QED) is 0.752. The lowest BCUT2D eigenvalue weighted by Crippen LogP contribution is -2.41. The Morgan fingerprint density at radius 1 is 1.05 bits per heavy atom. The zero-order valence-electron chi connectivity index (χ0n) is 13.4. The molecule has 1 unspecified atom stereocenters. The van der Waals surface area contributed by atoms with Crippen molar-refractivity contribution >= 4 is 0 Å². The molecule has 0 saturated heterocycles. The summed E-state index contributed by atoms with van der Waals surface area (Å²) in [5.74, 6) is 0. The number of nitrogens with one attached hydrogen (secondary N) is 1. The Kier molecular flexibility index (Phi) is 4.80. The van der Waals surface area contributed by atoms with Gasteiger partial charge in [0.2, 0.25) is 0 Å². The molecular formula is C20H29N. The highest BCUT2D eigenvalue weighted by Gasteiger charge is 2.51. The molecule has 1 nitrogen and oxygen atoms in total. The lowest BCUT2D eigenvalue weighted by atomic mass is 9.81. The smallest absolute Gasteiger partial charge is 0.0377 e. The van der Waals surface area contributed by atoms with Gasteiger partial charge in [0.25, 0.3) is 0 Å². The fourth-order valence-electron chi connectivity index (χ4n) is 4.01. The molecule has 1 heteroatoms. The monoisotopic (exact) mass is 283 g/mol. The summed E-state index contributed by atoms with van der Waals surface area (Å²) < 4.78 is 0. The first-order valence-electron chi connectivity index (χ1n) is 8.84. The molecular weight excluding hydrogens is 254 g/mol. The van der Waals surface area contributed by atoms with Gasteiger partial charge in [-0.1, -0.05) is 61.7 Å². The lowest BCUT2D eigenvalue weighted by molar-refractivity contribution is 0.452. The van der Waals surface area contributed by atoms with E-state index in [0.29, 0.717) is 11.5 Å². The number of hydrogen-bond acceptors (Lipinski definition) is 1. The Hall–Kier alpha value is -1.08. The molecule has 114 valence electrons. The van der Waals surface area contributed by atoms with E-state index in [0.717, 1.165) is 6.54 Å². The van der Waals surface area contributed by atoms with Crippen LogP contribution in [0.2, 0.25) is 0 Å². The molecule has 0 radical (unpaired) electrons. The second-order valence-electron chi connectivity index (χ2n) is 6.74. The number of rotatable bonds is 5. The summed E-state index contributed by atoms with van der Waals surface area (Å²) >= 11 is 0. The first kappa shape index (κ1) is 14.8. The average Bonchev–Trinajstić information content (AvgIpc) is 3.28. The van der Waals surface area contributed by atoms with Crippen molar-refractivity contribution in [3.8, 4) is 0 Å². The SMILES string of the molecule is CCNC(/C1=C/CCCCCC1)C1(c2ccccc2)CC1. The van der Waals surface area contributed by atoms with Gasteiger partial charge in [-0.25, -0.2) is 0 Å². The minimum absolute atomic E-state index is 0.377. The third-order valence-corrected chi connectivity index (χ3v) is 5.30. The van der Waals surface area contributed by atoms with Gasteiger partial charge in [0.15, 0.2) is 0 Å². The van der Waals surface area contributed by atoms with Gasteiger partial charge in [0, 0.05) is 11.5 Å². The van der Waals surface area contributed by atoms with Crippen LogP contribution >= 0.6 is 0 Å². The predicted molar refractivity (Wildman–Crippen MR) is 90.6 cm³/mol. The molecule has 0 bridgehead atoms. The van der Waals surface area contributed by atoms with Crippen LogP contribution in [0.1, 0.15) is 63.9 Å². The Balaban J connectivity index is 1.87. The maximum absolute atomic E-state index is 3.83. The number of likely N-dealkylation sites (N-methyl/N-ethyl adjacent to an activating group) is 1. The second kappa shape index (κ2) is 6.79. The largest absolute Gasteiger partial charge is 0.310 e. The van der Waals surface area contributed by atoms with Gasteiger partial charge in [0.1, 0.15) is 0 Å². The number of hydrogen-bond donors (Lipinski definition) is 1.